The third-order valence-electron chi connectivity index (χ3n) is 4.30. The first kappa shape index (κ1) is 15.7. The summed E-state index contributed by atoms with van der Waals surface area (Å²) in [5.41, 5.74) is 1.39. The van der Waals surface area contributed by atoms with Gasteiger partial charge in [0.25, 0.3) is 0 Å². The second kappa shape index (κ2) is 6.88. The monoisotopic (exact) mass is 291 g/mol. The summed E-state index contributed by atoms with van der Waals surface area (Å²) in [6.07, 6.45) is 2.81. The van der Waals surface area contributed by atoms with Gasteiger partial charge in [0.05, 0.1) is 14.2 Å². The molecule has 112 valence electrons. The predicted octanol–water partition coefficient (Wildman–Crippen LogP) is 3.14. The van der Waals surface area contributed by atoms with E-state index in [9.17, 15) is 0 Å². The van der Waals surface area contributed by atoms with Gasteiger partial charge in [-0.2, -0.15) is 0 Å². The first-order valence-electron chi connectivity index (χ1n) is 7.92. The van der Waals surface area contributed by atoms with Gasteiger partial charge >= 0.3 is 0 Å². The van der Waals surface area contributed by atoms with Crippen LogP contribution in [-0.4, -0.2) is 27.3 Å². The molecule has 0 amide bonds. The topological polar surface area (TPSA) is 21.3 Å². The lowest BCUT2D eigenvalue weighted by Gasteiger charge is -2.18. The van der Waals surface area contributed by atoms with E-state index in [2.05, 4.69) is 56.1 Å². The molecule has 1 saturated heterocycles. The molecule has 0 aromatic heterocycles. The molecule has 0 saturated carbocycles. The third kappa shape index (κ3) is 4.17. The molecular formula is C17H29NOSi. The Labute approximate surface area is 124 Å². The van der Waals surface area contributed by atoms with Crippen LogP contribution in [0.2, 0.25) is 19.6 Å². The molecule has 2 nitrogen and oxygen atoms in total. The molecule has 1 aromatic carbocycles. The number of ether oxygens (including phenoxy) is 1. The molecular weight excluding hydrogens is 262 g/mol. The van der Waals surface area contributed by atoms with Crippen LogP contribution in [0, 0.1) is 5.92 Å². The molecule has 0 spiro atoms. The molecule has 0 aliphatic carbocycles. The maximum absolute atomic E-state index is 5.74. The molecule has 2 rings (SSSR count). The van der Waals surface area contributed by atoms with E-state index in [1.165, 1.54) is 17.2 Å². The SMILES string of the molecule is CCC1OCCC1CNCc1ccc([Si](C)(C)C)cc1. The Morgan fingerprint density at radius 2 is 1.90 bits per heavy atom. The number of benzene rings is 1. The Morgan fingerprint density at radius 1 is 1.20 bits per heavy atom. The smallest absolute Gasteiger partial charge is 0.0775 e. The van der Waals surface area contributed by atoms with Gasteiger partial charge in [0.2, 0.25) is 0 Å². The Hall–Kier alpha value is -0.643. The maximum Gasteiger partial charge on any atom is 0.0775 e. The summed E-state index contributed by atoms with van der Waals surface area (Å²) in [7, 11) is -1.16. The van der Waals surface area contributed by atoms with Crippen LogP contribution in [0.3, 0.4) is 0 Å². The summed E-state index contributed by atoms with van der Waals surface area (Å²) in [6.45, 7) is 12.4. The van der Waals surface area contributed by atoms with E-state index in [-0.39, 0.29) is 0 Å². The van der Waals surface area contributed by atoms with Gasteiger partial charge < -0.3 is 10.1 Å². The second-order valence-electron chi connectivity index (χ2n) is 6.94. The lowest BCUT2D eigenvalue weighted by molar-refractivity contribution is 0.0872. The largest absolute Gasteiger partial charge is 0.378 e. The van der Waals surface area contributed by atoms with E-state index in [0.29, 0.717) is 12.0 Å². The summed E-state index contributed by atoms with van der Waals surface area (Å²) in [6, 6.07) is 9.19. The van der Waals surface area contributed by atoms with Crippen molar-refractivity contribution in [1.29, 1.82) is 0 Å². The normalized spacial score (nSPS) is 23.2. The van der Waals surface area contributed by atoms with Crippen molar-refractivity contribution in [3.8, 4) is 0 Å². The molecule has 1 heterocycles. The molecule has 1 fully saturated rings. The average Bonchev–Trinajstić information content (AvgIpc) is 2.86. The summed E-state index contributed by atoms with van der Waals surface area (Å²) in [5, 5.41) is 5.14. The summed E-state index contributed by atoms with van der Waals surface area (Å²) < 4.78 is 5.74. The number of hydrogen-bond acceptors (Lipinski definition) is 2. The van der Waals surface area contributed by atoms with Gasteiger partial charge in [0.1, 0.15) is 0 Å². The van der Waals surface area contributed by atoms with Crippen LogP contribution in [-0.2, 0) is 11.3 Å². The van der Waals surface area contributed by atoms with Gasteiger partial charge in [-0.05, 0) is 24.3 Å². The lowest BCUT2D eigenvalue weighted by Crippen LogP contribution is -2.37. The molecule has 1 aliphatic heterocycles. The maximum atomic E-state index is 5.74. The van der Waals surface area contributed by atoms with E-state index >= 15 is 0 Å². The molecule has 2 unspecified atom stereocenters. The second-order valence-corrected chi connectivity index (χ2v) is 12.0. The van der Waals surface area contributed by atoms with Gasteiger partial charge in [0.15, 0.2) is 0 Å². The molecule has 20 heavy (non-hydrogen) atoms. The van der Waals surface area contributed by atoms with Gasteiger partial charge in [-0.3, -0.25) is 0 Å². The number of nitrogens with one attached hydrogen (secondary N) is 1. The Kier molecular flexibility index (Phi) is 5.41. The quantitative estimate of drug-likeness (QED) is 0.813. The zero-order valence-electron chi connectivity index (χ0n) is 13.4. The highest BCUT2D eigenvalue weighted by Gasteiger charge is 2.25. The standard InChI is InChI=1S/C17H29NOSi/c1-5-17-15(10-11-19-17)13-18-12-14-6-8-16(9-7-14)20(2,3)4/h6-9,15,17-18H,5,10-13H2,1-4H3. The summed E-state index contributed by atoms with van der Waals surface area (Å²) in [5.74, 6) is 0.696. The zero-order valence-corrected chi connectivity index (χ0v) is 14.4. The van der Waals surface area contributed by atoms with Crippen LogP contribution < -0.4 is 10.5 Å². The minimum atomic E-state index is -1.16. The molecule has 0 radical (unpaired) electrons. The molecule has 2 atom stereocenters. The van der Waals surface area contributed by atoms with Gasteiger partial charge in [-0.25, -0.2) is 0 Å². The first-order valence-corrected chi connectivity index (χ1v) is 11.4. The van der Waals surface area contributed by atoms with Crippen LogP contribution in [0.4, 0.5) is 0 Å². The van der Waals surface area contributed by atoms with Gasteiger partial charge in [-0.15, -0.1) is 0 Å². The van der Waals surface area contributed by atoms with Crippen molar-refractivity contribution in [2.24, 2.45) is 5.92 Å². The zero-order chi connectivity index (χ0) is 14.6. The predicted molar refractivity (Wildman–Crippen MR) is 89.3 cm³/mol. The van der Waals surface area contributed by atoms with Crippen molar-refractivity contribution in [1.82, 2.24) is 5.32 Å². The van der Waals surface area contributed by atoms with Crippen LogP contribution >= 0.6 is 0 Å². The molecule has 3 heteroatoms. The number of rotatable bonds is 6. The van der Waals surface area contributed by atoms with Crippen LogP contribution in [0.5, 0.6) is 0 Å². The minimum Gasteiger partial charge on any atom is -0.378 e. The third-order valence-corrected chi connectivity index (χ3v) is 6.37. The highest BCUT2D eigenvalue weighted by Crippen LogP contribution is 2.22. The fraction of sp³-hybridized carbons (Fsp3) is 0.647. The van der Waals surface area contributed by atoms with Crippen LogP contribution in [0.15, 0.2) is 24.3 Å². The first-order chi connectivity index (χ1) is 9.50. The Bertz CT molecular complexity index is 410. The molecule has 1 N–H and O–H groups in total. The van der Waals surface area contributed by atoms with Crippen molar-refractivity contribution < 1.29 is 4.74 Å². The summed E-state index contributed by atoms with van der Waals surface area (Å²) in [4.78, 5) is 0. The van der Waals surface area contributed by atoms with E-state index in [0.717, 1.165) is 26.1 Å². The molecule has 0 bridgehead atoms. The molecule has 1 aromatic rings. The van der Waals surface area contributed by atoms with Crippen molar-refractivity contribution in [3.63, 3.8) is 0 Å². The lowest BCUT2D eigenvalue weighted by atomic mass is 9.99. The minimum absolute atomic E-state index is 0.469. The van der Waals surface area contributed by atoms with E-state index in [4.69, 9.17) is 4.74 Å². The highest BCUT2D eigenvalue weighted by molar-refractivity contribution is 6.88. The number of hydrogen-bond donors (Lipinski definition) is 1. The average molecular weight is 292 g/mol. The van der Waals surface area contributed by atoms with Crippen molar-refractivity contribution >= 4 is 13.3 Å². The van der Waals surface area contributed by atoms with Gasteiger partial charge in [0, 0.05) is 19.7 Å². The summed E-state index contributed by atoms with van der Waals surface area (Å²) >= 11 is 0. The highest BCUT2D eigenvalue weighted by atomic mass is 28.3. The van der Waals surface area contributed by atoms with Crippen molar-refractivity contribution in [2.45, 2.75) is 52.1 Å². The van der Waals surface area contributed by atoms with E-state index in [1.54, 1.807) is 0 Å². The Balaban J connectivity index is 1.80. The van der Waals surface area contributed by atoms with E-state index < -0.39 is 8.07 Å². The fourth-order valence-corrected chi connectivity index (χ4v) is 4.07. The Morgan fingerprint density at radius 3 is 2.50 bits per heavy atom. The van der Waals surface area contributed by atoms with Crippen LogP contribution in [0.1, 0.15) is 25.3 Å². The van der Waals surface area contributed by atoms with Crippen LogP contribution in [0.25, 0.3) is 0 Å². The molecule has 1 aliphatic rings. The fourth-order valence-electron chi connectivity index (χ4n) is 2.90. The van der Waals surface area contributed by atoms with E-state index in [1.807, 2.05) is 0 Å². The van der Waals surface area contributed by atoms with Crippen molar-refractivity contribution in [2.75, 3.05) is 13.2 Å². The van der Waals surface area contributed by atoms with Crippen molar-refractivity contribution in [3.05, 3.63) is 29.8 Å². The van der Waals surface area contributed by atoms with Gasteiger partial charge in [-0.1, -0.05) is 56.0 Å².